The summed E-state index contributed by atoms with van der Waals surface area (Å²) in [6.45, 7) is 0. The van der Waals surface area contributed by atoms with E-state index < -0.39 is 10.8 Å². The van der Waals surface area contributed by atoms with Gasteiger partial charge in [-0.2, -0.15) is 5.26 Å². The molecule has 0 aliphatic carbocycles. The molecule has 1 N–H and O–H groups in total. The molecule has 1 amide bonds. The number of nitrogens with one attached hydrogen (secondary N) is 1. The lowest BCUT2D eigenvalue weighted by atomic mass is 10.1. The highest BCUT2D eigenvalue weighted by Gasteiger charge is 2.15. The van der Waals surface area contributed by atoms with Gasteiger partial charge in [0, 0.05) is 24.8 Å². The highest BCUT2D eigenvalue weighted by Crippen LogP contribution is 2.31. The first-order valence-corrected chi connectivity index (χ1v) is 6.72. The van der Waals surface area contributed by atoms with E-state index >= 15 is 0 Å². The smallest absolute Gasteiger partial charge is 0.288 e. The number of carbonyl (C=O) groups is 1. The molecule has 1 aromatic carbocycles. The Balaban J connectivity index is 2.39. The number of carbonyl (C=O) groups excluding carboxylic acids is 1. The second-order valence-electron chi connectivity index (χ2n) is 4.37. The summed E-state index contributed by atoms with van der Waals surface area (Å²) >= 11 is 5.76. The van der Waals surface area contributed by atoms with Gasteiger partial charge < -0.3 is 9.73 Å². The van der Waals surface area contributed by atoms with Crippen LogP contribution in [0.15, 0.2) is 40.3 Å². The maximum Gasteiger partial charge on any atom is 0.288 e. The van der Waals surface area contributed by atoms with Crippen LogP contribution in [0.2, 0.25) is 5.02 Å². The van der Waals surface area contributed by atoms with Gasteiger partial charge in [0.25, 0.3) is 11.6 Å². The molecule has 0 bridgehead atoms. The van der Waals surface area contributed by atoms with Crippen LogP contribution >= 0.6 is 11.6 Å². The van der Waals surface area contributed by atoms with Crippen LogP contribution in [0.3, 0.4) is 0 Å². The molecule has 0 atom stereocenters. The van der Waals surface area contributed by atoms with Crippen molar-refractivity contribution in [1.29, 1.82) is 5.26 Å². The molecule has 23 heavy (non-hydrogen) atoms. The molecule has 0 aliphatic heterocycles. The molecular formula is C15H10ClN3O4. The molecule has 0 fully saturated rings. The van der Waals surface area contributed by atoms with E-state index in [1.165, 1.54) is 25.3 Å². The van der Waals surface area contributed by atoms with Gasteiger partial charge in [-0.25, -0.2) is 0 Å². The first-order valence-electron chi connectivity index (χ1n) is 6.34. The van der Waals surface area contributed by atoms with E-state index in [1.807, 2.05) is 0 Å². The molecule has 0 spiro atoms. The average molecular weight is 332 g/mol. The lowest BCUT2D eigenvalue weighted by Gasteiger charge is -1.99. The van der Waals surface area contributed by atoms with E-state index in [1.54, 1.807) is 24.3 Å². The SMILES string of the molecule is CNC(=O)C(C#N)=Cc1ccc(-c2ccc(Cl)c([N+](=O)[O-])c2)o1. The molecule has 0 saturated heterocycles. The Morgan fingerprint density at radius 1 is 1.43 bits per heavy atom. The minimum atomic E-state index is -0.588. The zero-order valence-electron chi connectivity index (χ0n) is 11.9. The highest BCUT2D eigenvalue weighted by molar-refractivity contribution is 6.32. The van der Waals surface area contributed by atoms with Crippen molar-refractivity contribution in [1.82, 2.24) is 5.32 Å². The van der Waals surface area contributed by atoms with Crippen LogP contribution in [0.4, 0.5) is 5.69 Å². The van der Waals surface area contributed by atoms with Crippen molar-refractivity contribution in [3.63, 3.8) is 0 Å². The van der Waals surface area contributed by atoms with Gasteiger partial charge in [0.2, 0.25) is 0 Å². The van der Waals surface area contributed by atoms with Gasteiger partial charge in [0.1, 0.15) is 28.2 Å². The molecule has 116 valence electrons. The maximum atomic E-state index is 11.4. The summed E-state index contributed by atoms with van der Waals surface area (Å²) in [5.41, 5.74) is 0.107. The number of rotatable bonds is 4. The predicted molar refractivity (Wildman–Crippen MR) is 83.5 cm³/mol. The molecule has 2 rings (SSSR count). The van der Waals surface area contributed by atoms with Crippen molar-refractivity contribution in [3.05, 3.63) is 56.8 Å². The zero-order valence-corrected chi connectivity index (χ0v) is 12.6. The Labute approximate surface area is 135 Å². The van der Waals surface area contributed by atoms with Gasteiger partial charge in [-0.15, -0.1) is 0 Å². The van der Waals surface area contributed by atoms with Gasteiger partial charge in [-0.3, -0.25) is 14.9 Å². The first kappa shape index (κ1) is 16.3. The third-order valence-electron chi connectivity index (χ3n) is 2.93. The second-order valence-corrected chi connectivity index (χ2v) is 4.78. The summed E-state index contributed by atoms with van der Waals surface area (Å²) in [6.07, 6.45) is 1.28. The summed E-state index contributed by atoms with van der Waals surface area (Å²) in [5.74, 6) is 0.0931. The Kier molecular flexibility index (Phi) is 4.79. The normalized spacial score (nSPS) is 10.9. The summed E-state index contributed by atoms with van der Waals surface area (Å²) < 4.78 is 5.50. The molecule has 8 heteroatoms. The zero-order chi connectivity index (χ0) is 17.0. The van der Waals surface area contributed by atoms with Crippen molar-refractivity contribution in [3.8, 4) is 17.4 Å². The van der Waals surface area contributed by atoms with E-state index in [4.69, 9.17) is 21.3 Å². The van der Waals surface area contributed by atoms with Crippen LogP contribution in [-0.4, -0.2) is 17.9 Å². The number of furan rings is 1. The summed E-state index contributed by atoms with van der Waals surface area (Å²) in [6, 6.07) is 9.16. The van der Waals surface area contributed by atoms with E-state index in [0.29, 0.717) is 11.3 Å². The third kappa shape index (κ3) is 3.56. The van der Waals surface area contributed by atoms with Gasteiger partial charge in [0.05, 0.1) is 4.92 Å². The predicted octanol–water partition coefficient (Wildman–Crippen LogP) is 3.16. The number of likely N-dealkylation sites (N-methyl/N-ethyl adjacent to an activating group) is 1. The third-order valence-corrected chi connectivity index (χ3v) is 3.25. The summed E-state index contributed by atoms with van der Waals surface area (Å²) in [7, 11) is 1.41. The molecule has 1 heterocycles. The molecule has 0 radical (unpaired) electrons. The minimum Gasteiger partial charge on any atom is -0.457 e. The molecular weight excluding hydrogens is 322 g/mol. The Bertz CT molecular complexity index is 849. The lowest BCUT2D eigenvalue weighted by molar-refractivity contribution is -0.384. The van der Waals surface area contributed by atoms with Crippen molar-refractivity contribution >= 4 is 29.3 Å². The first-order chi connectivity index (χ1) is 11.0. The van der Waals surface area contributed by atoms with Gasteiger partial charge in [-0.05, 0) is 24.3 Å². The molecule has 0 saturated carbocycles. The van der Waals surface area contributed by atoms with E-state index in [9.17, 15) is 14.9 Å². The van der Waals surface area contributed by atoms with E-state index in [2.05, 4.69) is 5.32 Å². The lowest BCUT2D eigenvalue weighted by Crippen LogP contribution is -2.18. The Morgan fingerprint density at radius 2 is 2.17 bits per heavy atom. The molecule has 0 aliphatic rings. The Morgan fingerprint density at radius 3 is 2.78 bits per heavy atom. The molecule has 2 aromatic rings. The highest BCUT2D eigenvalue weighted by atomic mass is 35.5. The number of nitro groups is 1. The van der Waals surface area contributed by atoms with E-state index in [-0.39, 0.29) is 22.0 Å². The quantitative estimate of drug-likeness (QED) is 0.400. The van der Waals surface area contributed by atoms with Crippen LogP contribution < -0.4 is 5.32 Å². The van der Waals surface area contributed by atoms with Gasteiger partial charge >= 0.3 is 0 Å². The van der Waals surface area contributed by atoms with Crippen LogP contribution in [-0.2, 0) is 4.79 Å². The average Bonchev–Trinajstić information content (AvgIpc) is 3.00. The number of nitrogens with zero attached hydrogens (tertiary/aromatic N) is 2. The minimum absolute atomic E-state index is 0.0248. The van der Waals surface area contributed by atoms with Crippen LogP contribution in [0.5, 0.6) is 0 Å². The maximum absolute atomic E-state index is 11.4. The standard InChI is InChI=1S/C15H10ClN3O4/c1-18-15(20)10(8-17)6-11-3-5-14(23-11)9-2-4-12(16)13(7-9)19(21)22/h2-7H,1H3,(H,18,20). The van der Waals surface area contributed by atoms with Crippen LogP contribution in [0.1, 0.15) is 5.76 Å². The van der Waals surface area contributed by atoms with Crippen molar-refractivity contribution < 1.29 is 14.1 Å². The number of halogens is 1. The number of nitriles is 1. The van der Waals surface area contributed by atoms with Crippen LogP contribution in [0.25, 0.3) is 17.4 Å². The number of amides is 1. The van der Waals surface area contributed by atoms with Gasteiger partial charge in [-0.1, -0.05) is 11.6 Å². The second kappa shape index (κ2) is 6.77. The Hall–Kier alpha value is -3.11. The molecule has 7 nitrogen and oxygen atoms in total. The van der Waals surface area contributed by atoms with E-state index in [0.717, 1.165) is 0 Å². The largest absolute Gasteiger partial charge is 0.457 e. The molecule has 0 unspecified atom stereocenters. The van der Waals surface area contributed by atoms with Crippen LogP contribution in [0, 0.1) is 21.4 Å². The number of benzene rings is 1. The topological polar surface area (TPSA) is 109 Å². The fraction of sp³-hybridized carbons (Fsp3) is 0.0667. The summed E-state index contributed by atoms with van der Waals surface area (Å²) in [4.78, 5) is 21.8. The van der Waals surface area contributed by atoms with Gasteiger partial charge in [0.15, 0.2) is 0 Å². The number of nitro benzene ring substituents is 1. The van der Waals surface area contributed by atoms with Crippen molar-refractivity contribution in [2.45, 2.75) is 0 Å². The number of hydrogen-bond donors (Lipinski definition) is 1. The van der Waals surface area contributed by atoms with Crippen molar-refractivity contribution in [2.24, 2.45) is 0 Å². The van der Waals surface area contributed by atoms with Crippen molar-refractivity contribution in [2.75, 3.05) is 7.05 Å². The fourth-order valence-electron chi connectivity index (χ4n) is 1.82. The fourth-order valence-corrected chi connectivity index (χ4v) is 2.00. The monoisotopic (exact) mass is 331 g/mol. The number of hydrogen-bond acceptors (Lipinski definition) is 5. The summed E-state index contributed by atoms with van der Waals surface area (Å²) in [5, 5.41) is 22.2. The molecule has 1 aromatic heterocycles.